The van der Waals surface area contributed by atoms with Crippen LogP contribution in [0.2, 0.25) is 0 Å². The van der Waals surface area contributed by atoms with E-state index in [1.54, 1.807) is 18.3 Å². The van der Waals surface area contributed by atoms with Gasteiger partial charge in [-0.1, -0.05) is 30.3 Å². The van der Waals surface area contributed by atoms with Gasteiger partial charge in [0.2, 0.25) is 0 Å². The normalized spacial score (nSPS) is 10.4. The Bertz CT molecular complexity index is 1030. The standard InChI is InChI=1S/C21H18N6O/c28-21(24-17-5-2-1-3-6-17)19-11-12-20(26-25-19)22-15-16-7-9-18(10-8-16)27-14-4-13-23-27/h1-14H,15H2,(H,22,26)(H,24,28). The highest BCUT2D eigenvalue weighted by molar-refractivity contribution is 6.02. The summed E-state index contributed by atoms with van der Waals surface area (Å²) in [6, 6.07) is 22.6. The van der Waals surface area contributed by atoms with Crippen LogP contribution < -0.4 is 10.6 Å². The van der Waals surface area contributed by atoms with Gasteiger partial charge in [-0.2, -0.15) is 5.10 Å². The number of aromatic nitrogens is 4. The van der Waals surface area contributed by atoms with Gasteiger partial charge in [-0.05, 0) is 48.0 Å². The third-order valence-electron chi connectivity index (χ3n) is 4.11. The summed E-state index contributed by atoms with van der Waals surface area (Å²) < 4.78 is 1.81. The van der Waals surface area contributed by atoms with Crippen LogP contribution in [0.1, 0.15) is 16.1 Å². The Kier molecular flexibility index (Phi) is 5.06. The van der Waals surface area contributed by atoms with Crippen LogP contribution in [0.15, 0.2) is 85.2 Å². The zero-order chi connectivity index (χ0) is 19.2. The molecule has 0 atom stereocenters. The molecular weight excluding hydrogens is 352 g/mol. The fourth-order valence-electron chi connectivity index (χ4n) is 2.64. The van der Waals surface area contributed by atoms with Crippen LogP contribution in [0.4, 0.5) is 11.5 Å². The molecule has 7 heteroatoms. The number of carbonyl (C=O) groups is 1. The second-order valence-electron chi connectivity index (χ2n) is 6.09. The number of anilines is 2. The van der Waals surface area contributed by atoms with Crippen LogP contribution in [0.25, 0.3) is 5.69 Å². The Morgan fingerprint density at radius 3 is 2.39 bits per heavy atom. The molecule has 0 spiro atoms. The van der Waals surface area contributed by atoms with E-state index in [4.69, 9.17) is 0 Å². The minimum Gasteiger partial charge on any atom is -0.365 e. The van der Waals surface area contributed by atoms with E-state index < -0.39 is 0 Å². The highest BCUT2D eigenvalue weighted by atomic mass is 16.1. The Hall–Kier alpha value is -4.00. The quantitative estimate of drug-likeness (QED) is 0.542. The molecule has 0 fully saturated rings. The Labute approximate surface area is 162 Å². The summed E-state index contributed by atoms with van der Waals surface area (Å²) in [5.74, 6) is 0.312. The van der Waals surface area contributed by atoms with Crippen molar-refractivity contribution >= 4 is 17.4 Å². The summed E-state index contributed by atoms with van der Waals surface area (Å²) >= 11 is 0. The predicted molar refractivity (Wildman–Crippen MR) is 107 cm³/mol. The third kappa shape index (κ3) is 4.21. The summed E-state index contributed by atoms with van der Waals surface area (Å²) in [6.07, 6.45) is 3.65. The molecule has 28 heavy (non-hydrogen) atoms. The van der Waals surface area contributed by atoms with E-state index in [1.807, 2.05) is 71.5 Å². The van der Waals surface area contributed by atoms with Gasteiger partial charge < -0.3 is 10.6 Å². The van der Waals surface area contributed by atoms with E-state index in [9.17, 15) is 4.79 Å². The Morgan fingerprint density at radius 2 is 1.71 bits per heavy atom. The Balaban J connectivity index is 1.34. The monoisotopic (exact) mass is 370 g/mol. The van der Waals surface area contributed by atoms with Gasteiger partial charge in [-0.15, -0.1) is 10.2 Å². The van der Waals surface area contributed by atoms with Crippen LogP contribution >= 0.6 is 0 Å². The summed E-state index contributed by atoms with van der Waals surface area (Å²) in [4.78, 5) is 12.2. The lowest BCUT2D eigenvalue weighted by molar-refractivity contribution is 0.102. The number of nitrogens with one attached hydrogen (secondary N) is 2. The SMILES string of the molecule is O=C(Nc1ccccc1)c1ccc(NCc2ccc(-n3cccn3)cc2)nn1. The van der Waals surface area contributed by atoms with Crippen molar-refractivity contribution in [3.8, 4) is 5.69 Å². The Morgan fingerprint density at radius 1 is 0.893 bits per heavy atom. The van der Waals surface area contributed by atoms with Gasteiger partial charge in [0.1, 0.15) is 5.82 Å². The largest absolute Gasteiger partial charge is 0.365 e. The number of amides is 1. The maximum absolute atomic E-state index is 12.2. The molecule has 7 nitrogen and oxygen atoms in total. The smallest absolute Gasteiger partial charge is 0.276 e. The molecule has 0 aliphatic carbocycles. The molecule has 0 saturated heterocycles. The molecule has 4 aromatic rings. The lowest BCUT2D eigenvalue weighted by Crippen LogP contribution is -2.14. The van der Waals surface area contributed by atoms with E-state index in [0.717, 1.165) is 16.9 Å². The van der Waals surface area contributed by atoms with E-state index in [0.29, 0.717) is 12.4 Å². The second-order valence-corrected chi connectivity index (χ2v) is 6.09. The van der Waals surface area contributed by atoms with Crippen molar-refractivity contribution < 1.29 is 4.79 Å². The molecule has 2 aromatic carbocycles. The zero-order valence-corrected chi connectivity index (χ0v) is 15.0. The minimum absolute atomic E-state index is 0.262. The molecule has 2 N–H and O–H groups in total. The summed E-state index contributed by atoms with van der Waals surface area (Å²) in [7, 11) is 0. The van der Waals surface area contributed by atoms with Crippen molar-refractivity contribution in [1.82, 2.24) is 20.0 Å². The number of carbonyl (C=O) groups excluding carboxylic acids is 1. The van der Waals surface area contributed by atoms with Crippen molar-refractivity contribution in [2.75, 3.05) is 10.6 Å². The highest BCUT2D eigenvalue weighted by Gasteiger charge is 2.08. The zero-order valence-electron chi connectivity index (χ0n) is 15.0. The van der Waals surface area contributed by atoms with Crippen molar-refractivity contribution in [2.24, 2.45) is 0 Å². The molecule has 0 aliphatic rings. The molecule has 4 rings (SSSR count). The van der Waals surface area contributed by atoms with Crippen molar-refractivity contribution in [1.29, 1.82) is 0 Å². The van der Waals surface area contributed by atoms with Crippen molar-refractivity contribution in [3.63, 3.8) is 0 Å². The number of benzene rings is 2. The molecular formula is C21H18N6O. The molecule has 2 aromatic heterocycles. The van der Waals surface area contributed by atoms with Crippen LogP contribution in [-0.2, 0) is 6.54 Å². The molecule has 0 bridgehead atoms. The van der Waals surface area contributed by atoms with Crippen LogP contribution in [0.5, 0.6) is 0 Å². The fourth-order valence-corrected chi connectivity index (χ4v) is 2.64. The molecule has 2 heterocycles. The summed E-state index contributed by atoms with van der Waals surface area (Å²) in [6.45, 7) is 0.601. The van der Waals surface area contributed by atoms with Crippen LogP contribution in [0.3, 0.4) is 0 Å². The van der Waals surface area contributed by atoms with Gasteiger partial charge >= 0.3 is 0 Å². The molecule has 138 valence electrons. The number of rotatable bonds is 6. The molecule has 0 radical (unpaired) electrons. The summed E-state index contributed by atoms with van der Waals surface area (Å²) in [5, 5.41) is 18.3. The third-order valence-corrected chi connectivity index (χ3v) is 4.11. The number of hydrogen-bond donors (Lipinski definition) is 2. The number of hydrogen-bond acceptors (Lipinski definition) is 5. The first-order chi connectivity index (χ1) is 13.8. The second kappa shape index (κ2) is 8.13. The first kappa shape index (κ1) is 17.4. The molecule has 0 saturated carbocycles. The first-order valence-electron chi connectivity index (χ1n) is 8.81. The maximum atomic E-state index is 12.2. The van der Waals surface area contributed by atoms with E-state index in [1.165, 1.54) is 0 Å². The van der Waals surface area contributed by atoms with E-state index in [2.05, 4.69) is 25.9 Å². The first-order valence-corrected chi connectivity index (χ1v) is 8.81. The molecule has 0 aliphatic heterocycles. The fraction of sp³-hybridized carbons (Fsp3) is 0.0476. The van der Waals surface area contributed by atoms with E-state index >= 15 is 0 Å². The van der Waals surface area contributed by atoms with Gasteiger partial charge in [0, 0.05) is 24.6 Å². The maximum Gasteiger partial charge on any atom is 0.276 e. The van der Waals surface area contributed by atoms with Gasteiger partial charge in [0.25, 0.3) is 5.91 Å². The minimum atomic E-state index is -0.292. The van der Waals surface area contributed by atoms with Crippen molar-refractivity contribution in [3.05, 3.63) is 96.4 Å². The number of nitrogens with zero attached hydrogens (tertiary/aromatic N) is 4. The van der Waals surface area contributed by atoms with Crippen LogP contribution in [0, 0.1) is 0 Å². The van der Waals surface area contributed by atoms with Crippen molar-refractivity contribution in [2.45, 2.75) is 6.54 Å². The average molecular weight is 370 g/mol. The summed E-state index contributed by atoms with van der Waals surface area (Å²) in [5.41, 5.74) is 3.08. The topological polar surface area (TPSA) is 84.7 Å². The predicted octanol–water partition coefficient (Wildman–Crippen LogP) is 3.53. The van der Waals surface area contributed by atoms with Crippen LogP contribution in [-0.4, -0.2) is 25.9 Å². The molecule has 1 amide bonds. The average Bonchev–Trinajstić information content (AvgIpc) is 3.29. The highest BCUT2D eigenvalue weighted by Crippen LogP contribution is 2.11. The van der Waals surface area contributed by atoms with E-state index in [-0.39, 0.29) is 11.6 Å². The lowest BCUT2D eigenvalue weighted by atomic mass is 10.2. The molecule has 0 unspecified atom stereocenters. The lowest BCUT2D eigenvalue weighted by Gasteiger charge is -2.08. The van der Waals surface area contributed by atoms with Gasteiger partial charge in [0.05, 0.1) is 5.69 Å². The van der Waals surface area contributed by atoms with Gasteiger partial charge in [-0.3, -0.25) is 4.79 Å². The van der Waals surface area contributed by atoms with Gasteiger partial charge in [0.15, 0.2) is 5.69 Å². The van der Waals surface area contributed by atoms with Gasteiger partial charge in [-0.25, -0.2) is 4.68 Å². The number of para-hydroxylation sites is 1.